The normalized spacial score (nSPS) is 25.5. The molecule has 0 bridgehead atoms. The number of rotatable bonds is 2. The Hall–Kier alpha value is -1.91. The van der Waals surface area contributed by atoms with Crippen LogP contribution >= 0.6 is 0 Å². The van der Waals surface area contributed by atoms with Gasteiger partial charge in [0.15, 0.2) is 11.5 Å². The molecule has 0 aromatic heterocycles. The molecule has 0 aliphatic heterocycles. The summed E-state index contributed by atoms with van der Waals surface area (Å²) in [6.07, 6.45) is 0. The van der Waals surface area contributed by atoms with Crippen LogP contribution in [0.5, 0.6) is 17.2 Å². The van der Waals surface area contributed by atoms with Gasteiger partial charge in [0, 0.05) is 11.5 Å². The molecule has 1 aliphatic rings. The molecule has 1 aliphatic carbocycles. The molecule has 1 aromatic carbocycles. The number of phenolic OH excluding ortho intramolecular Hbond substituents is 3. The van der Waals surface area contributed by atoms with Crippen LogP contribution < -0.4 is 0 Å². The van der Waals surface area contributed by atoms with Crippen molar-refractivity contribution in [1.29, 1.82) is 0 Å². The van der Waals surface area contributed by atoms with Crippen LogP contribution in [0.1, 0.15) is 25.3 Å². The van der Waals surface area contributed by atoms with E-state index in [0.29, 0.717) is 5.56 Å². The minimum absolute atomic E-state index is 0.355. The minimum atomic E-state index is -0.924. The average molecular weight is 238 g/mol. The van der Waals surface area contributed by atoms with E-state index in [1.54, 1.807) is 13.8 Å². The summed E-state index contributed by atoms with van der Waals surface area (Å²) in [5.41, 5.74) is -0.107. The van der Waals surface area contributed by atoms with Gasteiger partial charge in [-0.25, -0.2) is 0 Å². The van der Waals surface area contributed by atoms with Crippen molar-refractivity contribution in [2.45, 2.75) is 19.8 Å². The fourth-order valence-electron chi connectivity index (χ4n) is 2.51. The maximum atomic E-state index is 11.0. The summed E-state index contributed by atoms with van der Waals surface area (Å²) in [6.45, 7) is 3.58. The number of hydrogen-bond donors (Lipinski definition) is 4. The van der Waals surface area contributed by atoms with Crippen molar-refractivity contribution in [2.24, 2.45) is 11.3 Å². The smallest absolute Gasteiger partial charge is 0.307 e. The van der Waals surface area contributed by atoms with Gasteiger partial charge >= 0.3 is 5.97 Å². The first-order chi connectivity index (χ1) is 7.78. The van der Waals surface area contributed by atoms with Gasteiger partial charge in [-0.1, -0.05) is 19.9 Å². The van der Waals surface area contributed by atoms with Crippen LogP contribution in [-0.2, 0) is 4.79 Å². The number of phenols is 3. The largest absolute Gasteiger partial charge is 0.504 e. The van der Waals surface area contributed by atoms with E-state index in [1.165, 1.54) is 12.1 Å². The fourth-order valence-corrected chi connectivity index (χ4v) is 2.51. The van der Waals surface area contributed by atoms with Crippen LogP contribution in [0.25, 0.3) is 0 Å². The first-order valence-corrected chi connectivity index (χ1v) is 5.25. The molecule has 2 unspecified atom stereocenters. The lowest BCUT2D eigenvalue weighted by Gasteiger charge is -2.08. The lowest BCUT2D eigenvalue weighted by atomic mass is 10.0. The molecule has 1 aromatic rings. The van der Waals surface area contributed by atoms with Gasteiger partial charge in [-0.05, 0) is 11.5 Å². The molecule has 0 spiro atoms. The Kier molecular flexibility index (Phi) is 2.24. The monoisotopic (exact) mass is 238 g/mol. The van der Waals surface area contributed by atoms with E-state index in [0.717, 1.165) is 0 Å². The molecule has 5 nitrogen and oxygen atoms in total. The minimum Gasteiger partial charge on any atom is -0.504 e. The van der Waals surface area contributed by atoms with Gasteiger partial charge in [0.25, 0.3) is 0 Å². The summed E-state index contributed by atoms with van der Waals surface area (Å²) in [5.74, 6) is -3.33. The number of hydrogen-bond acceptors (Lipinski definition) is 4. The third kappa shape index (κ3) is 1.50. The maximum absolute atomic E-state index is 11.0. The molecular weight excluding hydrogens is 224 g/mol. The molecule has 4 N–H and O–H groups in total. The SMILES string of the molecule is CC1(C)C(C(=O)O)C1c1ccc(O)c(O)c1O. The number of carboxylic acids is 1. The molecule has 2 atom stereocenters. The molecule has 0 saturated heterocycles. The van der Waals surface area contributed by atoms with Crippen LogP contribution in [0.4, 0.5) is 0 Å². The predicted molar refractivity (Wildman–Crippen MR) is 59.1 cm³/mol. The zero-order valence-corrected chi connectivity index (χ0v) is 9.51. The molecule has 0 radical (unpaired) electrons. The van der Waals surface area contributed by atoms with Crippen molar-refractivity contribution in [3.63, 3.8) is 0 Å². The van der Waals surface area contributed by atoms with E-state index >= 15 is 0 Å². The number of aliphatic carboxylic acids is 1. The van der Waals surface area contributed by atoms with Crippen molar-refractivity contribution in [3.05, 3.63) is 17.7 Å². The van der Waals surface area contributed by atoms with Crippen molar-refractivity contribution in [3.8, 4) is 17.2 Å². The zero-order chi connectivity index (χ0) is 13.0. The summed E-state index contributed by atoms with van der Waals surface area (Å²) in [4.78, 5) is 11.0. The molecule has 1 fully saturated rings. The van der Waals surface area contributed by atoms with Crippen LogP contribution in [0.3, 0.4) is 0 Å². The molecule has 17 heavy (non-hydrogen) atoms. The Morgan fingerprint density at radius 1 is 1.18 bits per heavy atom. The van der Waals surface area contributed by atoms with Crippen molar-refractivity contribution >= 4 is 5.97 Å². The highest BCUT2D eigenvalue weighted by Gasteiger charge is 2.63. The number of aromatic hydroxyl groups is 3. The van der Waals surface area contributed by atoms with E-state index in [1.807, 2.05) is 0 Å². The number of carbonyl (C=O) groups is 1. The highest BCUT2D eigenvalue weighted by molar-refractivity contribution is 5.78. The topological polar surface area (TPSA) is 98.0 Å². The standard InChI is InChI=1S/C12H14O5/c1-12(2)7(8(12)11(16)17)5-3-4-6(13)10(15)9(5)14/h3-4,7-8,13-15H,1-2H3,(H,16,17). The summed E-state index contributed by atoms with van der Waals surface area (Å²) in [6, 6.07) is 2.69. The quantitative estimate of drug-likeness (QED) is 0.587. The van der Waals surface area contributed by atoms with E-state index in [-0.39, 0.29) is 5.92 Å². The summed E-state index contributed by atoms with van der Waals surface area (Å²) in [5, 5.41) is 37.4. The van der Waals surface area contributed by atoms with E-state index in [4.69, 9.17) is 5.11 Å². The van der Waals surface area contributed by atoms with E-state index < -0.39 is 34.6 Å². The van der Waals surface area contributed by atoms with Crippen molar-refractivity contribution in [1.82, 2.24) is 0 Å². The second-order valence-electron chi connectivity index (χ2n) is 4.99. The van der Waals surface area contributed by atoms with Crippen molar-refractivity contribution < 1.29 is 25.2 Å². The van der Waals surface area contributed by atoms with Crippen LogP contribution in [0.2, 0.25) is 0 Å². The van der Waals surface area contributed by atoms with Crippen LogP contribution in [-0.4, -0.2) is 26.4 Å². The lowest BCUT2D eigenvalue weighted by molar-refractivity contribution is -0.139. The van der Waals surface area contributed by atoms with Gasteiger partial charge in [0.2, 0.25) is 5.75 Å². The van der Waals surface area contributed by atoms with Gasteiger partial charge in [0.05, 0.1) is 5.92 Å². The molecule has 92 valence electrons. The Balaban J connectivity index is 2.44. The predicted octanol–water partition coefficient (Wildman–Crippen LogP) is 1.63. The van der Waals surface area contributed by atoms with Crippen LogP contribution in [0, 0.1) is 11.3 Å². The Bertz CT molecular complexity index is 492. The van der Waals surface area contributed by atoms with Gasteiger partial charge in [-0.15, -0.1) is 0 Å². The number of benzene rings is 1. The average Bonchev–Trinajstić information content (AvgIpc) is 2.78. The summed E-state index contributed by atoms with van der Waals surface area (Å²) < 4.78 is 0. The molecule has 0 amide bonds. The maximum Gasteiger partial charge on any atom is 0.307 e. The highest BCUT2D eigenvalue weighted by atomic mass is 16.4. The Morgan fingerprint density at radius 2 is 1.76 bits per heavy atom. The second kappa shape index (κ2) is 3.29. The Morgan fingerprint density at radius 3 is 2.24 bits per heavy atom. The third-order valence-electron chi connectivity index (χ3n) is 3.59. The molecule has 0 heterocycles. The van der Waals surface area contributed by atoms with Gasteiger partial charge in [0.1, 0.15) is 0 Å². The lowest BCUT2D eigenvalue weighted by Crippen LogP contribution is -2.03. The molecular formula is C12H14O5. The summed E-state index contributed by atoms with van der Waals surface area (Å²) >= 11 is 0. The van der Waals surface area contributed by atoms with Crippen molar-refractivity contribution in [2.75, 3.05) is 0 Å². The van der Waals surface area contributed by atoms with E-state index in [2.05, 4.69) is 0 Å². The Labute approximate surface area is 98.0 Å². The molecule has 5 heteroatoms. The summed E-state index contributed by atoms with van der Waals surface area (Å²) in [7, 11) is 0. The van der Waals surface area contributed by atoms with Crippen LogP contribution in [0.15, 0.2) is 12.1 Å². The van der Waals surface area contributed by atoms with E-state index in [9.17, 15) is 20.1 Å². The number of carboxylic acid groups (broad SMARTS) is 1. The fraction of sp³-hybridized carbons (Fsp3) is 0.417. The van der Waals surface area contributed by atoms with Gasteiger partial charge in [-0.3, -0.25) is 4.79 Å². The molecule has 1 saturated carbocycles. The molecule has 2 rings (SSSR count). The van der Waals surface area contributed by atoms with Gasteiger partial charge in [-0.2, -0.15) is 0 Å². The second-order valence-corrected chi connectivity index (χ2v) is 4.99. The zero-order valence-electron chi connectivity index (χ0n) is 9.51. The first-order valence-electron chi connectivity index (χ1n) is 5.25. The first kappa shape index (κ1) is 11.6. The van der Waals surface area contributed by atoms with Gasteiger partial charge < -0.3 is 20.4 Å². The third-order valence-corrected chi connectivity index (χ3v) is 3.59. The highest BCUT2D eigenvalue weighted by Crippen LogP contribution is 2.66.